The normalized spacial score (nSPS) is 25.0. The van der Waals surface area contributed by atoms with Crippen LogP contribution in [-0.2, 0) is 4.74 Å². The molecule has 5 heteroatoms. The van der Waals surface area contributed by atoms with Crippen molar-refractivity contribution < 1.29 is 9.26 Å². The Morgan fingerprint density at radius 3 is 2.67 bits per heavy atom. The van der Waals surface area contributed by atoms with Crippen LogP contribution in [0.3, 0.4) is 0 Å². The molecule has 1 fully saturated rings. The molecule has 1 N–H and O–H groups in total. The lowest BCUT2D eigenvalue weighted by Gasteiger charge is -2.29. The molecule has 120 valence electrons. The molecule has 1 saturated carbocycles. The van der Waals surface area contributed by atoms with Crippen molar-refractivity contribution in [3.63, 3.8) is 0 Å². The van der Waals surface area contributed by atoms with Gasteiger partial charge in [-0.05, 0) is 32.2 Å². The molecule has 21 heavy (non-hydrogen) atoms. The number of hydrogen-bond acceptors (Lipinski definition) is 5. The molecule has 1 aliphatic rings. The SMILES string of the molecule is CCOC(c1noc(C2CCCCC2NC)n1)C(C)(C)C. The second kappa shape index (κ2) is 6.88. The van der Waals surface area contributed by atoms with Gasteiger partial charge in [0.15, 0.2) is 0 Å². The van der Waals surface area contributed by atoms with Gasteiger partial charge in [-0.2, -0.15) is 4.98 Å². The molecule has 1 aromatic heterocycles. The number of hydrogen-bond donors (Lipinski definition) is 1. The number of nitrogens with one attached hydrogen (secondary N) is 1. The minimum Gasteiger partial charge on any atom is -0.370 e. The van der Waals surface area contributed by atoms with Gasteiger partial charge in [-0.25, -0.2) is 0 Å². The summed E-state index contributed by atoms with van der Waals surface area (Å²) in [6, 6.07) is 0.437. The van der Waals surface area contributed by atoms with Gasteiger partial charge in [0.1, 0.15) is 6.10 Å². The zero-order valence-corrected chi connectivity index (χ0v) is 14.0. The van der Waals surface area contributed by atoms with E-state index in [4.69, 9.17) is 9.26 Å². The molecule has 2 rings (SSSR count). The summed E-state index contributed by atoms with van der Waals surface area (Å²) in [6.45, 7) is 9.06. The predicted octanol–water partition coefficient (Wildman–Crippen LogP) is 3.44. The van der Waals surface area contributed by atoms with Crippen molar-refractivity contribution in [3.05, 3.63) is 11.7 Å². The number of aromatic nitrogens is 2. The van der Waals surface area contributed by atoms with Crippen LogP contribution in [0.15, 0.2) is 4.52 Å². The molecule has 0 amide bonds. The molecule has 3 unspecified atom stereocenters. The minimum atomic E-state index is -0.128. The molecule has 0 bridgehead atoms. The molecule has 0 saturated heterocycles. The van der Waals surface area contributed by atoms with E-state index in [1.165, 1.54) is 19.3 Å². The Hall–Kier alpha value is -0.940. The zero-order chi connectivity index (χ0) is 15.5. The molecule has 1 aromatic rings. The molecular formula is C16H29N3O2. The Bertz CT molecular complexity index is 439. The van der Waals surface area contributed by atoms with Gasteiger partial charge >= 0.3 is 0 Å². The molecular weight excluding hydrogens is 266 g/mol. The zero-order valence-electron chi connectivity index (χ0n) is 14.0. The van der Waals surface area contributed by atoms with Gasteiger partial charge in [-0.1, -0.05) is 38.8 Å². The van der Waals surface area contributed by atoms with Crippen LogP contribution in [0.1, 0.15) is 77.1 Å². The highest BCUT2D eigenvalue weighted by Crippen LogP contribution is 2.37. The molecule has 1 heterocycles. The Morgan fingerprint density at radius 2 is 2.05 bits per heavy atom. The van der Waals surface area contributed by atoms with Crippen molar-refractivity contribution in [1.82, 2.24) is 15.5 Å². The highest BCUT2D eigenvalue weighted by molar-refractivity contribution is 5.04. The second-order valence-corrected chi connectivity index (χ2v) is 6.98. The average Bonchev–Trinajstić information content (AvgIpc) is 2.92. The molecule has 0 aliphatic heterocycles. The summed E-state index contributed by atoms with van der Waals surface area (Å²) in [7, 11) is 2.01. The maximum atomic E-state index is 5.85. The van der Waals surface area contributed by atoms with E-state index in [9.17, 15) is 0 Å². The number of rotatable bonds is 5. The van der Waals surface area contributed by atoms with Gasteiger partial charge < -0.3 is 14.6 Å². The lowest BCUT2D eigenvalue weighted by molar-refractivity contribution is -0.0203. The number of likely N-dealkylation sites (N-methyl/N-ethyl adjacent to an activating group) is 1. The summed E-state index contributed by atoms with van der Waals surface area (Å²) in [5.41, 5.74) is -0.0495. The third kappa shape index (κ3) is 3.83. The first-order chi connectivity index (χ1) is 9.97. The Morgan fingerprint density at radius 1 is 1.33 bits per heavy atom. The highest BCUT2D eigenvalue weighted by atomic mass is 16.5. The quantitative estimate of drug-likeness (QED) is 0.901. The first kappa shape index (κ1) is 16.4. The summed E-state index contributed by atoms with van der Waals surface area (Å²) in [5, 5.41) is 7.59. The summed E-state index contributed by atoms with van der Waals surface area (Å²) in [6.07, 6.45) is 4.66. The average molecular weight is 295 g/mol. The van der Waals surface area contributed by atoms with E-state index in [1.54, 1.807) is 0 Å². The van der Waals surface area contributed by atoms with Crippen LogP contribution in [0, 0.1) is 5.41 Å². The van der Waals surface area contributed by atoms with Crippen molar-refractivity contribution in [3.8, 4) is 0 Å². The Kier molecular flexibility index (Phi) is 5.38. The van der Waals surface area contributed by atoms with E-state index in [0.29, 0.717) is 24.4 Å². The fourth-order valence-corrected chi connectivity index (χ4v) is 3.15. The van der Waals surface area contributed by atoms with Gasteiger partial charge in [0.25, 0.3) is 0 Å². The van der Waals surface area contributed by atoms with Gasteiger partial charge in [0.05, 0.1) is 5.92 Å². The van der Waals surface area contributed by atoms with Gasteiger partial charge in [-0.15, -0.1) is 0 Å². The fourth-order valence-electron chi connectivity index (χ4n) is 3.15. The van der Waals surface area contributed by atoms with Crippen molar-refractivity contribution in [2.45, 2.75) is 71.4 Å². The van der Waals surface area contributed by atoms with Crippen LogP contribution in [-0.4, -0.2) is 29.8 Å². The molecule has 0 spiro atoms. The molecule has 1 aliphatic carbocycles. The largest absolute Gasteiger partial charge is 0.370 e. The lowest BCUT2D eigenvalue weighted by atomic mass is 9.84. The van der Waals surface area contributed by atoms with E-state index in [1.807, 2.05) is 14.0 Å². The van der Waals surface area contributed by atoms with Crippen LogP contribution in [0.4, 0.5) is 0 Å². The smallest absolute Gasteiger partial charge is 0.231 e. The molecule has 0 aromatic carbocycles. The van der Waals surface area contributed by atoms with Crippen molar-refractivity contribution in [2.75, 3.05) is 13.7 Å². The maximum absolute atomic E-state index is 5.85. The van der Waals surface area contributed by atoms with Crippen LogP contribution in [0.5, 0.6) is 0 Å². The first-order valence-corrected chi connectivity index (χ1v) is 8.09. The van der Waals surface area contributed by atoms with E-state index in [0.717, 1.165) is 12.3 Å². The Balaban J connectivity index is 2.19. The third-order valence-corrected chi connectivity index (χ3v) is 4.27. The summed E-state index contributed by atoms with van der Waals surface area (Å²) >= 11 is 0. The Labute approximate surface area is 127 Å². The summed E-state index contributed by atoms with van der Waals surface area (Å²) in [5.74, 6) is 1.77. The fraction of sp³-hybridized carbons (Fsp3) is 0.875. The molecule has 5 nitrogen and oxygen atoms in total. The van der Waals surface area contributed by atoms with Gasteiger partial charge in [0.2, 0.25) is 11.7 Å². The van der Waals surface area contributed by atoms with Crippen LogP contribution in [0.2, 0.25) is 0 Å². The maximum Gasteiger partial charge on any atom is 0.231 e. The highest BCUT2D eigenvalue weighted by Gasteiger charge is 2.34. The molecule has 3 atom stereocenters. The van der Waals surface area contributed by atoms with Crippen LogP contribution >= 0.6 is 0 Å². The topological polar surface area (TPSA) is 60.2 Å². The monoisotopic (exact) mass is 295 g/mol. The third-order valence-electron chi connectivity index (χ3n) is 4.27. The van der Waals surface area contributed by atoms with Crippen molar-refractivity contribution in [2.24, 2.45) is 5.41 Å². The van der Waals surface area contributed by atoms with Gasteiger partial charge in [-0.3, -0.25) is 0 Å². The molecule has 0 radical (unpaired) electrons. The van der Waals surface area contributed by atoms with E-state index < -0.39 is 0 Å². The van der Waals surface area contributed by atoms with E-state index >= 15 is 0 Å². The van der Waals surface area contributed by atoms with Crippen LogP contribution in [0.25, 0.3) is 0 Å². The first-order valence-electron chi connectivity index (χ1n) is 8.09. The summed E-state index contributed by atoms with van der Waals surface area (Å²) in [4.78, 5) is 4.67. The number of nitrogens with zero attached hydrogens (tertiary/aromatic N) is 2. The summed E-state index contributed by atoms with van der Waals surface area (Å²) < 4.78 is 11.4. The van der Waals surface area contributed by atoms with Crippen molar-refractivity contribution >= 4 is 0 Å². The second-order valence-electron chi connectivity index (χ2n) is 6.98. The van der Waals surface area contributed by atoms with Crippen LogP contribution < -0.4 is 5.32 Å². The van der Waals surface area contributed by atoms with E-state index in [2.05, 4.69) is 36.2 Å². The minimum absolute atomic E-state index is 0.0495. The van der Waals surface area contributed by atoms with Gasteiger partial charge in [0, 0.05) is 12.6 Å². The lowest BCUT2D eigenvalue weighted by Crippen LogP contribution is -2.34. The predicted molar refractivity (Wildman–Crippen MR) is 82.2 cm³/mol. The van der Waals surface area contributed by atoms with Crippen molar-refractivity contribution in [1.29, 1.82) is 0 Å². The number of ether oxygens (including phenoxy) is 1. The standard InChI is InChI=1S/C16H29N3O2/c1-6-20-13(16(2,3)4)14-18-15(21-19-14)11-9-7-8-10-12(11)17-5/h11-13,17H,6-10H2,1-5H3. The van der Waals surface area contributed by atoms with E-state index in [-0.39, 0.29) is 11.5 Å².